The molecule has 0 spiro atoms. The van der Waals surface area contributed by atoms with Crippen LogP contribution in [0.1, 0.15) is 27.8 Å². The van der Waals surface area contributed by atoms with E-state index in [2.05, 4.69) is 43.2 Å². The molecule has 3 aromatic carbocycles. The van der Waals surface area contributed by atoms with Crippen LogP contribution in [0.5, 0.6) is 5.75 Å². The molecule has 0 aliphatic rings. The second kappa shape index (κ2) is 10.6. The molecule has 0 bridgehead atoms. The lowest BCUT2D eigenvalue weighted by molar-refractivity contribution is -0.112. The van der Waals surface area contributed by atoms with E-state index in [0.717, 1.165) is 25.6 Å². The minimum absolute atomic E-state index is 0.00968. The van der Waals surface area contributed by atoms with Crippen molar-refractivity contribution in [1.82, 2.24) is 0 Å². The van der Waals surface area contributed by atoms with Gasteiger partial charge in [-0.3, -0.25) is 4.79 Å². The second-order valence-corrected chi connectivity index (χ2v) is 9.22. The molecule has 6 heteroatoms. The third kappa shape index (κ3) is 6.09. The number of hydrogen-bond acceptors (Lipinski definition) is 3. The summed E-state index contributed by atoms with van der Waals surface area (Å²) in [5.41, 5.74) is 5.81. The van der Waals surface area contributed by atoms with Gasteiger partial charge < -0.3 is 10.1 Å². The maximum Gasteiger partial charge on any atom is 0.266 e. The molecule has 4 nitrogen and oxygen atoms in total. The highest BCUT2D eigenvalue weighted by Crippen LogP contribution is 2.36. The Hall–Kier alpha value is -2.88. The summed E-state index contributed by atoms with van der Waals surface area (Å²) in [5.74, 6) is 0.199. The van der Waals surface area contributed by atoms with Gasteiger partial charge in [-0.15, -0.1) is 0 Å². The molecule has 0 aliphatic heterocycles. The molecule has 0 saturated heterocycles. The number of rotatable bonds is 6. The summed E-state index contributed by atoms with van der Waals surface area (Å²) in [7, 11) is 0. The summed E-state index contributed by atoms with van der Waals surface area (Å²) < 4.78 is 7.42. The number of hydrogen-bond donors (Lipinski definition) is 1. The zero-order valence-electron chi connectivity index (χ0n) is 18.0. The number of anilines is 1. The molecular weight excluding hydrogens is 532 g/mol. The van der Waals surface area contributed by atoms with Crippen molar-refractivity contribution in [3.05, 3.63) is 96.9 Å². The number of nitriles is 1. The van der Waals surface area contributed by atoms with Crippen molar-refractivity contribution in [2.75, 3.05) is 5.32 Å². The number of nitrogens with one attached hydrogen (secondary N) is 1. The number of benzene rings is 3. The van der Waals surface area contributed by atoms with Crippen LogP contribution in [0.3, 0.4) is 0 Å². The number of nitrogens with zero attached hydrogens (tertiary/aromatic N) is 1. The van der Waals surface area contributed by atoms with Crippen molar-refractivity contribution >= 4 is 49.5 Å². The summed E-state index contributed by atoms with van der Waals surface area (Å²) >= 11 is 7.07. The lowest BCUT2D eigenvalue weighted by Gasteiger charge is -2.12. The first-order valence-electron chi connectivity index (χ1n) is 9.94. The molecule has 1 N–H and O–H groups in total. The van der Waals surface area contributed by atoms with Gasteiger partial charge in [0.05, 0.1) is 8.95 Å². The first-order chi connectivity index (χ1) is 15.3. The fourth-order valence-electron chi connectivity index (χ4n) is 3.09. The van der Waals surface area contributed by atoms with Gasteiger partial charge in [-0.05, 0) is 105 Å². The Bertz CT molecular complexity index is 1220. The molecule has 0 atom stereocenters. The topological polar surface area (TPSA) is 62.1 Å². The molecule has 0 heterocycles. The van der Waals surface area contributed by atoms with Gasteiger partial charge in [0.25, 0.3) is 5.91 Å². The van der Waals surface area contributed by atoms with E-state index in [1.54, 1.807) is 6.08 Å². The van der Waals surface area contributed by atoms with Crippen LogP contribution >= 0.6 is 31.9 Å². The van der Waals surface area contributed by atoms with Crippen LogP contribution in [0.15, 0.2) is 69.1 Å². The smallest absolute Gasteiger partial charge is 0.266 e. The molecule has 3 aromatic rings. The molecule has 0 aromatic heterocycles. The Morgan fingerprint density at radius 2 is 1.75 bits per heavy atom. The molecule has 162 valence electrons. The van der Waals surface area contributed by atoms with Crippen LogP contribution in [0.2, 0.25) is 0 Å². The van der Waals surface area contributed by atoms with Crippen molar-refractivity contribution in [2.24, 2.45) is 0 Å². The van der Waals surface area contributed by atoms with E-state index < -0.39 is 5.91 Å². The monoisotopic (exact) mass is 552 g/mol. The summed E-state index contributed by atoms with van der Waals surface area (Å²) in [6, 6.07) is 19.4. The molecule has 3 rings (SSSR count). The molecular formula is C26H22Br2N2O2. The fraction of sp³-hybridized carbons (Fsp3) is 0.154. The van der Waals surface area contributed by atoms with Crippen LogP contribution in [-0.4, -0.2) is 5.91 Å². The zero-order valence-corrected chi connectivity index (χ0v) is 21.2. The van der Waals surface area contributed by atoms with Crippen molar-refractivity contribution in [3.63, 3.8) is 0 Å². The number of carbonyl (C=O) groups excluding carboxylic acids is 1. The zero-order chi connectivity index (χ0) is 23.3. The number of carbonyl (C=O) groups is 1. The third-order valence-corrected chi connectivity index (χ3v) is 6.11. The van der Waals surface area contributed by atoms with E-state index >= 15 is 0 Å². The average Bonchev–Trinajstić information content (AvgIpc) is 2.74. The number of aryl methyl sites for hydroxylation is 3. The Labute approximate surface area is 205 Å². The maximum absolute atomic E-state index is 12.6. The Balaban J connectivity index is 1.77. The van der Waals surface area contributed by atoms with Crippen LogP contribution in [-0.2, 0) is 11.4 Å². The van der Waals surface area contributed by atoms with Gasteiger partial charge in [0, 0.05) is 5.69 Å². The van der Waals surface area contributed by atoms with Crippen LogP contribution < -0.4 is 10.1 Å². The predicted octanol–water partition coefficient (Wildman–Crippen LogP) is 7.26. The molecule has 0 radical (unpaired) electrons. The first kappa shape index (κ1) is 23.8. The van der Waals surface area contributed by atoms with Gasteiger partial charge in [-0.25, -0.2) is 0 Å². The Kier molecular flexibility index (Phi) is 7.89. The SMILES string of the molecule is Cc1cccc(COc2c(Br)cc(/C=C(\C#N)C(=O)Nc3ccc(C)c(C)c3)cc2Br)c1. The van der Waals surface area contributed by atoms with E-state index in [0.29, 0.717) is 23.6 Å². The highest BCUT2D eigenvalue weighted by atomic mass is 79.9. The first-order valence-corrected chi connectivity index (χ1v) is 11.5. The highest BCUT2D eigenvalue weighted by molar-refractivity contribution is 9.11. The number of amides is 1. The molecule has 1 amide bonds. The number of halogens is 2. The predicted molar refractivity (Wildman–Crippen MR) is 135 cm³/mol. The van der Waals surface area contributed by atoms with Gasteiger partial charge in [0.15, 0.2) is 0 Å². The van der Waals surface area contributed by atoms with E-state index in [4.69, 9.17) is 4.74 Å². The fourth-order valence-corrected chi connectivity index (χ4v) is 4.54. The van der Waals surface area contributed by atoms with E-state index in [9.17, 15) is 10.1 Å². The van der Waals surface area contributed by atoms with Crippen LogP contribution in [0, 0.1) is 32.1 Å². The highest BCUT2D eigenvalue weighted by Gasteiger charge is 2.13. The molecule has 32 heavy (non-hydrogen) atoms. The largest absolute Gasteiger partial charge is 0.487 e. The standard InChI is InChI=1S/C26H22Br2N2O2/c1-16-5-4-6-19(9-16)15-32-25-23(27)12-20(13-24(25)28)11-21(14-29)26(31)30-22-8-7-17(2)18(3)10-22/h4-13H,15H2,1-3H3,(H,30,31)/b21-11+. The summed E-state index contributed by atoms with van der Waals surface area (Å²) in [5, 5.41) is 12.3. The summed E-state index contributed by atoms with van der Waals surface area (Å²) in [4.78, 5) is 12.6. The normalized spacial score (nSPS) is 11.1. The van der Waals surface area contributed by atoms with Gasteiger partial charge in [0.2, 0.25) is 0 Å². The number of ether oxygens (including phenoxy) is 1. The average molecular weight is 554 g/mol. The second-order valence-electron chi connectivity index (χ2n) is 7.51. The Morgan fingerprint density at radius 1 is 1.03 bits per heavy atom. The van der Waals surface area contributed by atoms with Crippen LogP contribution in [0.4, 0.5) is 5.69 Å². The van der Waals surface area contributed by atoms with Gasteiger partial charge >= 0.3 is 0 Å². The van der Waals surface area contributed by atoms with Crippen molar-refractivity contribution < 1.29 is 9.53 Å². The molecule has 0 fully saturated rings. The van der Waals surface area contributed by atoms with Crippen LogP contribution in [0.25, 0.3) is 6.08 Å². The maximum atomic E-state index is 12.6. The Morgan fingerprint density at radius 3 is 2.38 bits per heavy atom. The van der Waals surface area contributed by atoms with E-state index in [1.165, 1.54) is 5.56 Å². The summed E-state index contributed by atoms with van der Waals surface area (Å²) in [6.45, 7) is 6.45. The van der Waals surface area contributed by atoms with E-state index in [1.807, 2.05) is 75.4 Å². The van der Waals surface area contributed by atoms with E-state index in [-0.39, 0.29) is 5.57 Å². The van der Waals surface area contributed by atoms with Gasteiger partial charge in [0.1, 0.15) is 24.0 Å². The van der Waals surface area contributed by atoms with Crippen molar-refractivity contribution in [1.29, 1.82) is 5.26 Å². The lowest BCUT2D eigenvalue weighted by atomic mass is 10.1. The van der Waals surface area contributed by atoms with Crippen molar-refractivity contribution in [2.45, 2.75) is 27.4 Å². The minimum atomic E-state index is -0.456. The van der Waals surface area contributed by atoms with Crippen molar-refractivity contribution in [3.8, 4) is 11.8 Å². The quantitative estimate of drug-likeness (QED) is 0.258. The molecule has 0 aliphatic carbocycles. The van der Waals surface area contributed by atoms with Gasteiger partial charge in [-0.2, -0.15) is 5.26 Å². The minimum Gasteiger partial charge on any atom is -0.487 e. The third-order valence-electron chi connectivity index (χ3n) is 4.93. The lowest BCUT2D eigenvalue weighted by Crippen LogP contribution is -2.13. The van der Waals surface area contributed by atoms with Gasteiger partial charge in [-0.1, -0.05) is 35.9 Å². The molecule has 0 unspecified atom stereocenters. The molecule has 0 saturated carbocycles. The summed E-state index contributed by atoms with van der Waals surface area (Å²) in [6.07, 6.45) is 1.55.